The smallest absolute Gasteiger partial charge is 0.332 e. The van der Waals surface area contributed by atoms with E-state index in [1.54, 1.807) is 6.07 Å². The Morgan fingerprint density at radius 2 is 2.24 bits per heavy atom. The van der Waals surface area contributed by atoms with Crippen molar-refractivity contribution in [2.24, 2.45) is 0 Å². The number of hydrogen-bond acceptors (Lipinski definition) is 5. The summed E-state index contributed by atoms with van der Waals surface area (Å²) in [6, 6.07) is 4.74. The van der Waals surface area contributed by atoms with Crippen molar-refractivity contribution in [3.05, 3.63) is 46.5 Å². The first-order valence-corrected chi connectivity index (χ1v) is 6.71. The Labute approximate surface area is 123 Å². The third-order valence-electron chi connectivity index (χ3n) is 3.83. The minimum atomic E-state index is -0.509. The number of carbonyl (C=O) groups is 1. The zero-order chi connectivity index (χ0) is 15.8. The number of rotatable bonds is 4. The highest BCUT2D eigenvalue weighted by Gasteiger charge is 2.47. The van der Waals surface area contributed by atoms with Crippen molar-refractivity contribution in [2.45, 2.75) is 32.4 Å². The Bertz CT molecular complexity index is 610. The number of nitrogens with zero attached hydrogens (tertiary/aromatic N) is 2. The number of nitro groups is 1. The number of carbonyl (C=O) groups excluding carboxylic acids is 1. The summed E-state index contributed by atoms with van der Waals surface area (Å²) in [4.78, 5) is 24.0. The van der Waals surface area contributed by atoms with Crippen LogP contribution in [0.4, 0.5) is 11.4 Å². The molecule has 0 amide bonds. The minimum Gasteiger partial charge on any atom is -0.437 e. The number of ether oxygens (including phenoxy) is 1. The van der Waals surface area contributed by atoms with Crippen LogP contribution in [0.2, 0.25) is 0 Å². The van der Waals surface area contributed by atoms with E-state index in [9.17, 15) is 14.9 Å². The number of benzene rings is 1. The molecule has 1 aliphatic heterocycles. The predicted molar refractivity (Wildman–Crippen MR) is 79.2 cm³/mol. The van der Waals surface area contributed by atoms with Gasteiger partial charge in [-0.15, -0.1) is 0 Å². The second-order valence-corrected chi connectivity index (χ2v) is 5.46. The maximum Gasteiger partial charge on any atom is 0.332 e. The number of anilines is 1. The normalized spacial score (nSPS) is 19.0. The number of fused-ring (bicyclic) bond motifs is 1. The fourth-order valence-corrected chi connectivity index (χ4v) is 2.77. The van der Waals surface area contributed by atoms with Crippen LogP contribution in [-0.2, 0) is 14.9 Å². The van der Waals surface area contributed by atoms with Crippen LogP contribution < -0.4 is 4.90 Å². The molecule has 1 unspecified atom stereocenters. The van der Waals surface area contributed by atoms with E-state index in [1.165, 1.54) is 12.1 Å². The van der Waals surface area contributed by atoms with Crippen molar-refractivity contribution in [3.63, 3.8) is 0 Å². The van der Waals surface area contributed by atoms with Crippen LogP contribution in [0.25, 0.3) is 0 Å². The molecule has 21 heavy (non-hydrogen) atoms. The molecule has 0 bridgehead atoms. The summed E-state index contributed by atoms with van der Waals surface area (Å²) in [7, 11) is 0. The van der Waals surface area contributed by atoms with Gasteiger partial charge in [-0.1, -0.05) is 20.4 Å². The van der Waals surface area contributed by atoms with Gasteiger partial charge in [0.2, 0.25) is 0 Å². The Kier molecular flexibility index (Phi) is 3.72. The molecule has 0 saturated carbocycles. The Balaban J connectivity index is 2.51. The quantitative estimate of drug-likeness (QED) is 0.369. The lowest BCUT2D eigenvalue weighted by molar-refractivity contribution is -0.384. The van der Waals surface area contributed by atoms with Crippen LogP contribution in [0.1, 0.15) is 26.3 Å². The fraction of sp³-hybridized carbons (Fsp3) is 0.400. The summed E-state index contributed by atoms with van der Waals surface area (Å²) in [5, 5.41) is 11.0. The molecule has 2 rings (SSSR count). The Morgan fingerprint density at radius 1 is 1.57 bits per heavy atom. The molecular formula is C15H18N2O4. The van der Waals surface area contributed by atoms with E-state index >= 15 is 0 Å². The minimum absolute atomic E-state index is 0.0266. The van der Waals surface area contributed by atoms with E-state index in [-0.39, 0.29) is 5.69 Å². The molecule has 6 heteroatoms. The van der Waals surface area contributed by atoms with Crippen LogP contribution in [0.15, 0.2) is 30.9 Å². The van der Waals surface area contributed by atoms with E-state index in [0.717, 1.165) is 17.3 Å². The second-order valence-electron chi connectivity index (χ2n) is 5.46. The molecule has 1 aromatic carbocycles. The summed E-state index contributed by atoms with van der Waals surface area (Å²) in [6.07, 6.45) is 0.611. The molecule has 0 fully saturated rings. The first-order chi connectivity index (χ1) is 9.82. The van der Waals surface area contributed by atoms with Gasteiger partial charge in [-0.25, -0.2) is 4.79 Å². The van der Waals surface area contributed by atoms with Gasteiger partial charge in [0, 0.05) is 30.2 Å². The van der Waals surface area contributed by atoms with E-state index in [1.807, 2.05) is 25.7 Å². The van der Waals surface area contributed by atoms with Crippen molar-refractivity contribution >= 4 is 17.3 Å². The van der Waals surface area contributed by atoms with Crippen LogP contribution >= 0.6 is 0 Å². The topological polar surface area (TPSA) is 72.7 Å². The lowest BCUT2D eigenvalue weighted by Gasteiger charge is -2.32. The van der Waals surface area contributed by atoms with E-state index in [4.69, 9.17) is 4.74 Å². The molecule has 0 spiro atoms. The maximum atomic E-state index is 11.6. The van der Waals surface area contributed by atoms with Gasteiger partial charge in [-0.2, -0.15) is 0 Å². The van der Waals surface area contributed by atoms with E-state index in [2.05, 4.69) is 6.58 Å². The van der Waals surface area contributed by atoms with Gasteiger partial charge >= 0.3 is 5.97 Å². The average molecular weight is 290 g/mol. The summed E-state index contributed by atoms with van der Waals surface area (Å²) >= 11 is 0. The summed E-state index contributed by atoms with van der Waals surface area (Å²) in [5.41, 5.74) is 1.23. The lowest BCUT2D eigenvalue weighted by Crippen LogP contribution is -2.44. The zero-order valence-electron chi connectivity index (χ0n) is 12.3. The predicted octanol–water partition coefficient (Wildman–Crippen LogP) is 2.77. The number of hydrogen-bond donors (Lipinski definition) is 0. The number of likely N-dealkylation sites (N-methyl/N-ethyl adjacent to an activating group) is 1. The molecule has 1 aromatic rings. The maximum absolute atomic E-state index is 11.6. The highest BCUT2D eigenvalue weighted by molar-refractivity contribution is 5.82. The van der Waals surface area contributed by atoms with Crippen molar-refractivity contribution < 1.29 is 14.5 Å². The second kappa shape index (κ2) is 5.20. The monoisotopic (exact) mass is 290 g/mol. The summed E-state index contributed by atoms with van der Waals surface area (Å²) < 4.78 is 5.46. The number of nitro benzene ring substituents is 1. The van der Waals surface area contributed by atoms with E-state index < -0.39 is 22.5 Å². The van der Waals surface area contributed by atoms with Gasteiger partial charge in [-0.3, -0.25) is 10.1 Å². The fourth-order valence-electron chi connectivity index (χ4n) is 2.77. The van der Waals surface area contributed by atoms with Crippen LogP contribution in [0.5, 0.6) is 0 Å². The molecule has 6 nitrogen and oxygen atoms in total. The van der Waals surface area contributed by atoms with Gasteiger partial charge in [0.05, 0.1) is 10.6 Å². The molecule has 1 atom stereocenters. The van der Waals surface area contributed by atoms with Crippen molar-refractivity contribution in [2.75, 3.05) is 11.4 Å². The Morgan fingerprint density at radius 3 is 2.76 bits per heavy atom. The van der Waals surface area contributed by atoms with Gasteiger partial charge < -0.3 is 9.64 Å². The molecule has 112 valence electrons. The van der Waals surface area contributed by atoms with Gasteiger partial charge in [0.25, 0.3) is 5.69 Å². The molecule has 1 heterocycles. The molecule has 1 aliphatic rings. The molecule has 0 radical (unpaired) electrons. The average Bonchev–Trinajstić information content (AvgIpc) is 2.66. The lowest BCUT2D eigenvalue weighted by atomic mass is 9.85. The van der Waals surface area contributed by atoms with Crippen molar-refractivity contribution in [3.8, 4) is 0 Å². The largest absolute Gasteiger partial charge is 0.437 e. The van der Waals surface area contributed by atoms with Crippen LogP contribution in [-0.4, -0.2) is 23.7 Å². The molecule has 0 aliphatic carbocycles. The van der Waals surface area contributed by atoms with Gasteiger partial charge in [-0.05, 0) is 18.6 Å². The van der Waals surface area contributed by atoms with Gasteiger partial charge in [0.1, 0.15) is 0 Å². The molecule has 0 saturated heterocycles. The molecular weight excluding hydrogens is 272 g/mol. The van der Waals surface area contributed by atoms with Crippen molar-refractivity contribution in [1.29, 1.82) is 0 Å². The van der Waals surface area contributed by atoms with Crippen molar-refractivity contribution in [1.82, 2.24) is 0 Å². The van der Waals surface area contributed by atoms with Gasteiger partial charge in [0.15, 0.2) is 6.23 Å². The van der Waals surface area contributed by atoms with Crippen LogP contribution in [0.3, 0.4) is 0 Å². The third kappa shape index (κ3) is 2.37. The third-order valence-corrected chi connectivity index (χ3v) is 3.83. The number of esters is 1. The summed E-state index contributed by atoms with van der Waals surface area (Å²) in [6.45, 7) is 9.80. The highest BCUT2D eigenvalue weighted by Crippen LogP contribution is 2.46. The zero-order valence-corrected chi connectivity index (χ0v) is 12.3. The highest BCUT2D eigenvalue weighted by atomic mass is 16.6. The van der Waals surface area contributed by atoms with E-state index in [0.29, 0.717) is 6.54 Å². The number of non-ortho nitro benzene ring substituents is 1. The SMILES string of the molecule is C=CC(=O)OC1N(CC)c2cc([N+](=O)[O-])ccc2C1(C)C. The first-order valence-electron chi connectivity index (χ1n) is 6.71. The first kappa shape index (κ1) is 15.0. The molecule has 0 aromatic heterocycles. The Hall–Kier alpha value is -2.37. The standard InChI is InChI=1S/C15H18N2O4/c1-5-13(18)21-14-15(3,4)11-8-7-10(17(19)20)9-12(11)16(14)6-2/h5,7-9,14H,1,6H2,2-4H3. The summed E-state index contributed by atoms with van der Waals surface area (Å²) in [5.74, 6) is -0.506. The molecule has 0 N–H and O–H groups in total. The van der Waals surface area contributed by atoms with Crippen LogP contribution in [0, 0.1) is 10.1 Å².